The fourth-order valence-corrected chi connectivity index (χ4v) is 1.62. The van der Waals surface area contributed by atoms with E-state index < -0.39 is 5.67 Å². The fraction of sp³-hybridized carbons (Fsp3) is 0.400. The topological polar surface area (TPSA) is 12.0 Å². The molecular formula is C10H11F2N. The van der Waals surface area contributed by atoms with Gasteiger partial charge in [-0.2, -0.15) is 0 Å². The molecule has 1 nitrogen and oxygen atoms in total. The van der Waals surface area contributed by atoms with Crippen LogP contribution in [0.15, 0.2) is 18.2 Å². The lowest BCUT2D eigenvalue weighted by Crippen LogP contribution is -2.35. The Bertz CT molecular complexity index is 334. The van der Waals surface area contributed by atoms with Crippen LogP contribution in [0.2, 0.25) is 0 Å². The lowest BCUT2D eigenvalue weighted by atomic mass is 9.93. The highest BCUT2D eigenvalue weighted by atomic mass is 19.1. The molecule has 1 heterocycles. The number of fused-ring (bicyclic) bond motifs is 1. The van der Waals surface area contributed by atoms with E-state index in [0.29, 0.717) is 6.54 Å². The van der Waals surface area contributed by atoms with E-state index in [1.54, 1.807) is 6.07 Å². The van der Waals surface area contributed by atoms with Gasteiger partial charge in [-0.1, -0.05) is 0 Å². The van der Waals surface area contributed by atoms with Crippen LogP contribution >= 0.6 is 0 Å². The van der Waals surface area contributed by atoms with Crippen LogP contribution in [0.3, 0.4) is 0 Å². The summed E-state index contributed by atoms with van der Waals surface area (Å²) in [6.45, 7) is 1.82. The molecule has 1 aliphatic heterocycles. The summed E-state index contributed by atoms with van der Waals surface area (Å²) in [4.78, 5) is 0. The Kier molecular flexibility index (Phi) is 1.75. The minimum atomic E-state index is -1.26. The molecule has 0 saturated carbocycles. The van der Waals surface area contributed by atoms with E-state index in [4.69, 9.17) is 0 Å². The molecule has 1 atom stereocenters. The van der Waals surface area contributed by atoms with Crippen LogP contribution in [0.1, 0.15) is 12.5 Å². The minimum absolute atomic E-state index is 0.285. The van der Waals surface area contributed by atoms with Crippen molar-refractivity contribution in [3.8, 4) is 0 Å². The van der Waals surface area contributed by atoms with Gasteiger partial charge in [0.25, 0.3) is 0 Å². The van der Waals surface area contributed by atoms with Gasteiger partial charge >= 0.3 is 0 Å². The van der Waals surface area contributed by atoms with Gasteiger partial charge in [-0.25, -0.2) is 8.78 Å². The normalized spacial score (nSPS) is 26.4. The largest absolute Gasteiger partial charge is 0.382 e. The van der Waals surface area contributed by atoms with Crippen LogP contribution in [0, 0.1) is 5.82 Å². The maximum absolute atomic E-state index is 13.5. The van der Waals surface area contributed by atoms with Gasteiger partial charge in [-0.05, 0) is 30.7 Å². The molecule has 0 radical (unpaired) electrons. The smallest absolute Gasteiger partial charge is 0.129 e. The highest BCUT2D eigenvalue weighted by Crippen LogP contribution is 2.29. The van der Waals surface area contributed by atoms with Crippen molar-refractivity contribution < 1.29 is 8.78 Å². The van der Waals surface area contributed by atoms with Gasteiger partial charge in [0.05, 0.1) is 0 Å². The van der Waals surface area contributed by atoms with Gasteiger partial charge in [0, 0.05) is 18.7 Å². The second-order valence-electron chi connectivity index (χ2n) is 3.75. The standard InChI is InChI=1S/C10H11F2N/c1-10(12)5-7-4-8(11)2-3-9(7)13-6-10/h2-4,13H,5-6H2,1H3. The average molecular weight is 183 g/mol. The molecule has 3 heteroatoms. The monoisotopic (exact) mass is 183 g/mol. The number of alkyl halides is 1. The summed E-state index contributed by atoms with van der Waals surface area (Å²) < 4.78 is 26.3. The van der Waals surface area contributed by atoms with Crippen molar-refractivity contribution in [3.63, 3.8) is 0 Å². The molecule has 0 bridgehead atoms. The van der Waals surface area contributed by atoms with E-state index in [1.165, 1.54) is 19.1 Å². The maximum atomic E-state index is 13.5. The molecular weight excluding hydrogens is 172 g/mol. The van der Waals surface area contributed by atoms with E-state index in [2.05, 4.69) is 5.32 Å². The number of rotatable bonds is 0. The van der Waals surface area contributed by atoms with Gasteiger partial charge in [0.15, 0.2) is 0 Å². The van der Waals surface area contributed by atoms with Crippen LogP contribution in [0.5, 0.6) is 0 Å². The van der Waals surface area contributed by atoms with Crippen molar-refractivity contribution in [2.24, 2.45) is 0 Å². The Morgan fingerprint density at radius 2 is 2.23 bits per heavy atom. The first-order valence-electron chi connectivity index (χ1n) is 4.28. The molecule has 0 fully saturated rings. The number of hydrogen-bond acceptors (Lipinski definition) is 1. The quantitative estimate of drug-likeness (QED) is 0.651. The Morgan fingerprint density at radius 3 is 3.00 bits per heavy atom. The van der Waals surface area contributed by atoms with E-state index in [-0.39, 0.29) is 12.2 Å². The lowest BCUT2D eigenvalue weighted by Gasteiger charge is -2.28. The highest BCUT2D eigenvalue weighted by Gasteiger charge is 2.29. The molecule has 1 aliphatic rings. The third-order valence-electron chi connectivity index (χ3n) is 2.27. The predicted octanol–water partition coefficient (Wildman–Crippen LogP) is 2.52. The Hall–Kier alpha value is -1.12. The summed E-state index contributed by atoms with van der Waals surface area (Å²) in [7, 11) is 0. The first-order chi connectivity index (χ1) is 6.07. The molecule has 0 spiro atoms. The van der Waals surface area contributed by atoms with E-state index in [9.17, 15) is 8.78 Å². The number of hydrogen-bond donors (Lipinski definition) is 1. The Labute approximate surface area is 75.8 Å². The summed E-state index contributed by atoms with van der Waals surface area (Å²) in [6, 6.07) is 4.42. The van der Waals surface area contributed by atoms with Gasteiger partial charge in [0.2, 0.25) is 0 Å². The molecule has 0 aromatic heterocycles. The SMILES string of the molecule is CC1(F)CNc2ccc(F)cc2C1. The van der Waals surface area contributed by atoms with Crippen LogP contribution < -0.4 is 5.32 Å². The van der Waals surface area contributed by atoms with Gasteiger partial charge in [-0.15, -0.1) is 0 Å². The molecule has 2 rings (SSSR count). The lowest BCUT2D eigenvalue weighted by molar-refractivity contribution is 0.201. The van der Waals surface area contributed by atoms with Crippen molar-refractivity contribution in [3.05, 3.63) is 29.6 Å². The van der Waals surface area contributed by atoms with Gasteiger partial charge in [-0.3, -0.25) is 0 Å². The third kappa shape index (κ3) is 1.64. The molecule has 13 heavy (non-hydrogen) atoms. The molecule has 1 aromatic carbocycles. The van der Waals surface area contributed by atoms with Crippen LogP contribution in [0.25, 0.3) is 0 Å². The van der Waals surface area contributed by atoms with Crippen molar-refractivity contribution in [1.82, 2.24) is 0 Å². The first-order valence-corrected chi connectivity index (χ1v) is 4.28. The van der Waals surface area contributed by atoms with E-state index in [0.717, 1.165) is 11.3 Å². The fourth-order valence-electron chi connectivity index (χ4n) is 1.62. The molecule has 70 valence electrons. The summed E-state index contributed by atoms with van der Waals surface area (Å²) in [5.74, 6) is -0.307. The minimum Gasteiger partial charge on any atom is -0.382 e. The molecule has 1 aromatic rings. The average Bonchev–Trinajstić information content (AvgIpc) is 2.01. The third-order valence-corrected chi connectivity index (χ3v) is 2.27. The van der Waals surface area contributed by atoms with Crippen molar-refractivity contribution in [1.29, 1.82) is 0 Å². The molecule has 1 N–H and O–H groups in total. The summed E-state index contributed by atoms with van der Waals surface area (Å²) in [6.07, 6.45) is 0.285. The molecule has 0 aliphatic carbocycles. The summed E-state index contributed by atoms with van der Waals surface area (Å²) in [5, 5.41) is 2.94. The number of benzene rings is 1. The molecule has 0 amide bonds. The number of anilines is 1. The van der Waals surface area contributed by atoms with E-state index in [1.807, 2.05) is 0 Å². The zero-order valence-corrected chi connectivity index (χ0v) is 7.40. The second-order valence-corrected chi connectivity index (χ2v) is 3.75. The van der Waals surface area contributed by atoms with Crippen LogP contribution in [-0.2, 0) is 6.42 Å². The zero-order chi connectivity index (χ0) is 9.47. The maximum Gasteiger partial charge on any atom is 0.129 e. The zero-order valence-electron chi connectivity index (χ0n) is 7.40. The first kappa shape index (κ1) is 8.48. The van der Waals surface area contributed by atoms with Crippen LogP contribution in [0.4, 0.5) is 14.5 Å². The highest BCUT2D eigenvalue weighted by molar-refractivity contribution is 5.54. The summed E-state index contributed by atoms with van der Waals surface area (Å²) in [5.41, 5.74) is 0.300. The predicted molar refractivity (Wildman–Crippen MR) is 48.1 cm³/mol. The molecule has 0 saturated heterocycles. The van der Waals surface area contributed by atoms with Crippen molar-refractivity contribution in [2.75, 3.05) is 11.9 Å². The van der Waals surface area contributed by atoms with Crippen LogP contribution in [-0.4, -0.2) is 12.2 Å². The van der Waals surface area contributed by atoms with Crippen molar-refractivity contribution in [2.45, 2.75) is 19.0 Å². The summed E-state index contributed by atoms with van der Waals surface area (Å²) >= 11 is 0. The number of nitrogens with one attached hydrogen (secondary N) is 1. The second kappa shape index (κ2) is 2.69. The Morgan fingerprint density at radius 1 is 1.46 bits per heavy atom. The van der Waals surface area contributed by atoms with E-state index >= 15 is 0 Å². The number of halogens is 2. The van der Waals surface area contributed by atoms with Gasteiger partial charge in [0.1, 0.15) is 11.5 Å². The van der Waals surface area contributed by atoms with Crippen molar-refractivity contribution >= 4 is 5.69 Å². The molecule has 1 unspecified atom stereocenters. The Balaban J connectivity index is 2.38. The van der Waals surface area contributed by atoms with Gasteiger partial charge < -0.3 is 5.32 Å².